The van der Waals surface area contributed by atoms with Crippen LogP contribution in [0.1, 0.15) is 52.8 Å². The van der Waals surface area contributed by atoms with Crippen LogP contribution in [0.4, 0.5) is 5.82 Å². The minimum Gasteiger partial charge on any atom is -0.374 e. The molecule has 0 saturated heterocycles. The Morgan fingerprint density at radius 2 is 2.05 bits per heavy atom. The number of ether oxygens (including phenoxy) is 1. The first-order valence-electron chi connectivity index (χ1n) is 7.50. The molecule has 1 unspecified atom stereocenters. The maximum absolute atomic E-state index is 6.12. The fourth-order valence-electron chi connectivity index (χ4n) is 1.97. The van der Waals surface area contributed by atoms with Crippen molar-refractivity contribution in [2.45, 2.75) is 59.6 Å². The minimum atomic E-state index is 0.409. The molecule has 0 aliphatic carbocycles. The molecule has 0 radical (unpaired) electrons. The molecule has 0 aromatic carbocycles. The molecule has 0 amide bonds. The van der Waals surface area contributed by atoms with Crippen molar-refractivity contribution in [1.29, 1.82) is 0 Å². The number of anilines is 1. The van der Waals surface area contributed by atoms with E-state index in [2.05, 4.69) is 35.6 Å². The van der Waals surface area contributed by atoms with Gasteiger partial charge >= 0.3 is 0 Å². The predicted octanol–water partition coefficient (Wildman–Crippen LogP) is 4.07. The minimum absolute atomic E-state index is 0.409. The second-order valence-electron chi connectivity index (χ2n) is 4.91. The molecule has 0 saturated carbocycles. The Labute approximate surface area is 127 Å². The largest absolute Gasteiger partial charge is 0.374 e. The van der Waals surface area contributed by atoms with Crippen molar-refractivity contribution >= 4 is 17.4 Å². The highest BCUT2D eigenvalue weighted by molar-refractivity contribution is 6.29. The summed E-state index contributed by atoms with van der Waals surface area (Å²) in [6, 6.07) is 2.28. The van der Waals surface area contributed by atoms with E-state index in [9.17, 15) is 0 Å². The van der Waals surface area contributed by atoms with Gasteiger partial charge in [0.15, 0.2) is 5.82 Å². The first kappa shape index (κ1) is 17.2. The van der Waals surface area contributed by atoms with Crippen LogP contribution in [0.5, 0.6) is 0 Å². The lowest BCUT2D eigenvalue weighted by Gasteiger charge is -2.30. The molecule has 1 rings (SSSR count). The van der Waals surface area contributed by atoms with Crippen LogP contribution in [-0.4, -0.2) is 29.2 Å². The standard InChI is InChI=1S/C15H26ClN3O/c1-5-8-9-19(12(4)6-2)15-10-13(16)17-14(18-15)11-20-7-3/h10,12H,5-9,11H2,1-4H3. The third kappa shape index (κ3) is 5.25. The van der Waals surface area contributed by atoms with Gasteiger partial charge in [0.2, 0.25) is 0 Å². The van der Waals surface area contributed by atoms with Crippen molar-refractivity contribution in [2.24, 2.45) is 0 Å². The van der Waals surface area contributed by atoms with Crippen molar-refractivity contribution in [3.05, 3.63) is 17.0 Å². The van der Waals surface area contributed by atoms with Gasteiger partial charge in [-0.15, -0.1) is 0 Å². The van der Waals surface area contributed by atoms with Gasteiger partial charge in [0, 0.05) is 25.3 Å². The molecular weight excluding hydrogens is 274 g/mol. The number of halogens is 1. The maximum Gasteiger partial charge on any atom is 0.158 e. The molecule has 0 N–H and O–H groups in total. The number of hydrogen-bond acceptors (Lipinski definition) is 4. The zero-order chi connectivity index (χ0) is 15.0. The Bertz CT molecular complexity index is 401. The first-order valence-corrected chi connectivity index (χ1v) is 7.87. The van der Waals surface area contributed by atoms with Crippen LogP contribution in [-0.2, 0) is 11.3 Å². The van der Waals surface area contributed by atoms with Crippen molar-refractivity contribution < 1.29 is 4.74 Å². The summed E-state index contributed by atoms with van der Waals surface area (Å²) in [4.78, 5) is 11.1. The van der Waals surface area contributed by atoms with E-state index >= 15 is 0 Å². The van der Waals surface area contributed by atoms with Crippen molar-refractivity contribution in [3.63, 3.8) is 0 Å². The van der Waals surface area contributed by atoms with E-state index in [1.165, 1.54) is 0 Å². The zero-order valence-corrected chi connectivity index (χ0v) is 13.8. The number of rotatable bonds is 9. The van der Waals surface area contributed by atoms with E-state index in [1.807, 2.05) is 13.0 Å². The second kappa shape index (κ2) is 9.14. The number of nitrogens with zero attached hydrogens (tertiary/aromatic N) is 3. The molecule has 0 spiro atoms. The highest BCUT2D eigenvalue weighted by atomic mass is 35.5. The first-order chi connectivity index (χ1) is 9.62. The molecule has 114 valence electrons. The normalized spacial score (nSPS) is 12.4. The van der Waals surface area contributed by atoms with Crippen molar-refractivity contribution in [2.75, 3.05) is 18.1 Å². The lowest BCUT2D eigenvalue weighted by Crippen LogP contribution is -2.34. The average molecular weight is 300 g/mol. The summed E-state index contributed by atoms with van der Waals surface area (Å²) < 4.78 is 5.38. The predicted molar refractivity (Wildman–Crippen MR) is 84.4 cm³/mol. The van der Waals surface area contributed by atoms with E-state index < -0.39 is 0 Å². The highest BCUT2D eigenvalue weighted by Gasteiger charge is 2.15. The van der Waals surface area contributed by atoms with Gasteiger partial charge in [-0.25, -0.2) is 9.97 Å². The highest BCUT2D eigenvalue weighted by Crippen LogP contribution is 2.20. The molecule has 1 aromatic rings. The van der Waals surface area contributed by atoms with Crippen LogP contribution in [0.2, 0.25) is 5.15 Å². The molecule has 5 heteroatoms. The van der Waals surface area contributed by atoms with Crippen LogP contribution in [0.3, 0.4) is 0 Å². The summed E-state index contributed by atoms with van der Waals surface area (Å²) in [6.45, 7) is 10.6. The smallest absolute Gasteiger partial charge is 0.158 e. The Morgan fingerprint density at radius 3 is 2.65 bits per heavy atom. The topological polar surface area (TPSA) is 38.2 Å². The van der Waals surface area contributed by atoms with E-state index in [0.717, 1.165) is 31.6 Å². The summed E-state index contributed by atoms with van der Waals surface area (Å²) >= 11 is 6.12. The van der Waals surface area contributed by atoms with Crippen molar-refractivity contribution in [1.82, 2.24) is 9.97 Å². The molecule has 0 bridgehead atoms. The van der Waals surface area contributed by atoms with Gasteiger partial charge < -0.3 is 9.64 Å². The number of hydrogen-bond donors (Lipinski definition) is 0. The Balaban J connectivity index is 2.95. The van der Waals surface area contributed by atoms with Gasteiger partial charge in [0.05, 0.1) is 0 Å². The molecule has 0 aliphatic rings. The average Bonchev–Trinajstić information content (AvgIpc) is 2.44. The fourth-order valence-corrected chi connectivity index (χ4v) is 2.16. The Morgan fingerprint density at radius 1 is 1.30 bits per heavy atom. The van der Waals surface area contributed by atoms with Crippen LogP contribution >= 0.6 is 11.6 Å². The summed E-state index contributed by atoms with van der Waals surface area (Å²) in [5.74, 6) is 1.56. The molecule has 0 fully saturated rings. The van der Waals surface area contributed by atoms with Crippen molar-refractivity contribution in [3.8, 4) is 0 Å². The Kier molecular flexibility index (Phi) is 7.85. The lowest BCUT2D eigenvalue weighted by molar-refractivity contribution is 0.128. The SMILES string of the molecule is CCCCN(c1cc(Cl)nc(COCC)n1)C(C)CC. The van der Waals surface area contributed by atoms with Gasteiger partial charge in [-0.2, -0.15) is 0 Å². The molecule has 1 aromatic heterocycles. The summed E-state index contributed by atoms with van der Waals surface area (Å²) in [6.07, 6.45) is 3.39. The number of unbranched alkanes of at least 4 members (excludes halogenated alkanes) is 1. The van der Waals surface area contributed by atoms with Gasteiger partial charge in [-0.3, -0.25) is 0 Å². The van der Waals surface area contributed by atoms with E-state index in [0.29, 0.717) is 30.2 Å². The van der Waals surface area contributed by atoms with Crippen LogP contribution in [0.25, 0.3) is 0 Å². The zero-order valence-electron chi connectivity index (χ0n) is 13.0. The quantitative estimate of drug-likeness (QED) is 0.644. The molecule has 1 atom stereocenters. The van der Waals surface area contributed by atoms with E-state index in [-0.39, 0.29) is 0 Å². The fraction of sp³-hybridized carbons (Fsp3) is 0.733. The molecule has 1 heterocycles. The van der Waals surface area contributed by atoms with Gasteiger partial charge in [0.1, 0.15) is 17.6 Å². The third-order valence-corrected chi connectivity index (χ3v) is 3.53. The van der Waals surface area contributed by atoms with Gasteiger partial charge in [-0.1, -0.05) is 31.9 Å². The summed E-state index contributed by atoms with van der Waals surface area (Å²) in [7, 11) is 0. The molecule has 4 nitrogen and oxygen atoms in total. The van der Waals surface area contributed by atoms with E-state index in [4.69, 9.17) is 16.3 Å². The van der Waals surface area contributed by atoms with Crippen LogP contribution in [0, 0.1) is 0 Å². The molecule has 0 aliphatic heterocycles. The Hall–Kier alpha value is -0.870. The second-order valence-corrected chi connectivity index (χ2v) is 5.29. The van der Waals surface area contributed by atoms with Gasteiger partial charge in [-0.05, 0) is 26.7 Å². The molecular formula is C15H26ClN3O. The lowest BCUT2D eigenvalue weighted by atomic mass is 10.2. The van der Waals surface area contributed by atoms with Gasteiger partial charge in [0.25, 0.3) is 0 Å². The monoisotopic (exact) mass is 299 g/mol. The number of aromatic nitrogens is 2. The summed E-state index contributed by atoms with van der Waals surface area (Å²) in [5, 5.41) is 0.481. The summed E-state index contributed by atoms with van der Waals surface area (Å²) in [5.41, 5.74) is 0. The van der Waals surface area contributed by atoms with Crippen LogP contribution < -0.4 is 4.90 Å². The third-order valence-electron chi connectivity index (χ3n) is 3.33. The van der Waals surface area contributed by atoms with E-state index in [1.54, 1.807) is 0 Å². The van der Waals surface area contributed by atoms with Crippen LogP contribution in [0.15, 0.2) is 6.07 Å². The maximum atomic E-state index is 6.12. The molecule has 20 heavy (non-hydrogen) atoms.